The standard InChI is InChI=1S/C29H31N3O2S/c1-4-25(27(33)31-24-12-8-7-11-22(24)18(2)3)32-17-30-28-26(29(32)34)23(16-35-28)21-14-13-19-9-5-6-10-20(19)15-21/h7-8,11-18,25H,4-6,9-10H2,1-3H3,(H,31,33). The number of anilines is 1. The van der Waals surface area contributed by atoms with Gasteiger partial charge in [-0.1, -0.05) is 57.2 Å². The quantitative estimate of drug-likeness (QED) is 0.330. The Morgan fingerprint density at radius 3 is 2.66 bits per heavy atom. The molecule has 2 aromatic heterocycles. The van der Waals surface area contributed by atoms with Crippen molar-refractivity contribution in [2.45, 2.75) is 64.8 Å². The highest BCUT2D eigenvalue weighted by molar-refractivity contribution is 7.17. The number of benzene rings is 2. The van der Waals surface area contributed by atoms with E-state index in [1.54, 1.807) is 0 Å². The van der Waals surface area contributed by atoms with E-state index in [4.69, 9.17) is 0 Å². The predicted molar refractivity (Wildman–Crippen MR) is 144 cm³/mol. The van der Waals surface area contributed by atoms with Crippen LogP contribution in [0.15, 0.2) is 59.0 Å². The molecule has 2 aromatic carbocycles. The molecule has 1 aliphatic carbocycles. The van der Waals surface area contributed by atoms with E-state index in [1.165, 1.54) is 46.2 Å². The second kappa shape index (κ2) is 9.78. The van der Waals surface area contributed by atoms with Crippen LogP contribution >= 0.6 is 11.3 Å². The van der Waals surface area contributed by atoms with Crippen LogP contribution in [0, 0.1) is 0 Å². The molecule has 1 N–H and O–H groups in total. The van der Waals surface area contributed by atoms with Crippen LogP contribution in [0.2, 0.25) is 0 Å². The first-order valence-corrected chi connectivity index (χ1v) is 13.4. The molecule has 0 saturated heterocycles. The summed E-state index contributed by atoms with van der Waals surface area (Å²) in [5, 5.41) is 5.69. The highest BCUT2D eigenvalue weighted by Crippen LogP contribution is 2.34. The highest BCUT2D eigenvalue weighted by atomic mass is 32.1. The number of fused-ring (bicyclic) bond motifs is 2. The molecule has 1 atom stereocenters. The first-order chi connectivity index (χ1) is 17.0. The minimum atomic E-state index is -0.643. The number of thiophene rings is 1. The van der Waals surface area contributed by atoms with E-state index in [-0.39, 0.29) is 17.4 Å². The van der Waals surface area contributed by atoms with E-state index in [1.807, 2.05) is 36.6 Å². The third-order valence-corrected chi connectivity index (χ3v) is 7.93. The summed E-state index contributed by atoms with van der Waals surface area (Å²) >= 11 is 1.48. The zero-order valence-electron chi connectivity index (χ0n) is 20.5. The van der Waals surface area contributed by atoms with E-state index in [0.29, 0.717) is 16.6 Å². The van der Waals surface area contributed by atoms with Crippen LogP contribution in [0.3, 0.4) is 0 Å². The predicted octanol–water partition coefficient (Wildman–Crippen LogP) is 6.72. The Kier molecular flexibility index (Phi) is 6.56. The number of aromatic nitrogens is 2. The molecule has 180 valence electrons. The lowest BCUT2D eigenvalue weighted by atomic mass is 9.89. The van der Waals surface area contributed by atoms with Crippen LogP contribution in [0.25, 0.3) is 21.3 Å². The lowest BCUT2D eigenvalue weighted by Gasteiger charge is -2.20. The molecule has 4 aromatic rings. The summed E-state index contributed by atoms with van der Waals surface area (Å²) in [6, 6.07) is 13.7. The van der Waals surface area contributed by atoms with Crippen LogP contribution in [0.4, 0.5) is 5.69 Å². The fourth-order valence-electron chi connectivity index (χ4n) is 5.12. The molecule has 0 radical (unpaired) electrons. The van der Waals surface area contributed by atoms with Gasteiger partial charge >= 0.3 is 0 Å². The minimum absolute atomic E-state index is 0.164. The maximum atomic E-state index is 13.8. The molecule has 5 nitrogen and oxygen atoms in total. The van der Waals surface area contributed by atoms with E-state index < -0.39 is 6.04 Å². The number of nitrogens with zero attached hydrogens (tertiary/aromatic N) is 2. The average Bonchev–Trinajstić information content (AvgIpc) is 3.31. The van der Waals surface area contributed by atoms with Gasteiger partial charge in [-0.25, -0.2) is 4.98 Å². The number of carbonyl (C=O) groups is 1. The molecule has 0 bridgehead atoms. The van der Waals surface area contributed by atoms with Crippen LogP contribution < -0.4 is 10.9 Å². The van der Waals surface area contributed by atoms with Crippen LogP contribution in [0.1, 0.15) is 68.7 Å². The number of nitrogens with one attached hydrogen (secondary N) is 1. The molecule has 0 aliphatic heterocycles. The Bertz CT molecular complexity index is 1450. The SMILES string of the molecule is CCC(C(=O)Nc1ccccc1C(C)C)n1cnc2scc(-c3ccc4c(c3)CCCC4)c2c1=O. The smallest absolute Gasteiger partial charge is 0.263 e. The molecule has 1 unspecified atom stereocenters. The van der Waals surface area contributed by atoms with Crippen molar-refractivity contribution >= 4 is 33.1 Å². The summed E-state index contributed by atoms with van der Waals surface area (Å²) in [6.07, 6.45) is 6.68. The van der Waals surface area contributed by atoms with E-state index >= 15 is 0 Å². The molecular formula is C29H31N3O2S. The van der Waals surface area contributed by atoms with Gasteiger partial charge in [0.05, 0.1) is 11.7 Å². The van der Waals surface area contributed by atoms with Crippen LogP contribution in [0.5, 0.6) is 0 Å². The fourth-order valence-corrected chi connectivity index (χ4v) is 6.03. The monoisotopic (exact) mass is 485 g/mol. The second-order valence-electron chi connectivity index (χ2n) is 9.63. The number of para-hydroxylation sites is 1. The highest BCUT2D eigenvalue weighted by Gasteiger charge is 2.24. The Morgan fingerprint density at radius 1 is 1.11 bits per heavy atom. The third-order valence-electron chi connectivity index (χ3n) is 7.04. The largest absolute Gasteiger partial charge is 0.324 e. The number of aryl methyl sites for hydroxylation is 2. The molecule has 5 rings (SSSR count). The zero-order chi connectivity index (χ0) is 24.5. The number of rotatable bonds is 6. The maximum absolute atomic E-state index is 13.8. The number of hydrogen-bond donors (Lipinski definition) is 1. The molecule has 1 amide bonds. The molecule has 0 fully saturated rings. The first-order valence-electron chi connectivity index (χ1n) is 12.5. The topological polar surface area (TPSA) is 64.0 Å². The van der Waals surface area contributed by atoms with Crippen LogP contribution in [-0.4, -0.2) is 15.5 Å². The van der Waals surface area contributed by atoms with Gasteiger partial charge in [0.15, 0.2) is 0 Å². The number of hydrogen-bond acceptors (Lipinski definition) is 4. The summed E-state index contributed by atoms with van der Waals surface area (Å²) in [5.41, 5.74) is 6.46. The third kappa shape index (κ3) is 4.43. The Hall–Kier alpha value is -3.25. The summed E-state index contributed by atoms with van der Waals surface area (Å²) < 4.78 is 1.50. The van der Waals surface area contributed by atoms with Crippen molar-refractivity contribution in [1.29, 1.82) is 0 Å². The molecular weight excluding hydrogens is 454 g/mol. The summed E-state index contributed by atoms with van der Waals surface area (Å²) in [6.45, 7) is 6.13. The molecule has 1 aliphatic rings. The summed E-state index contributed by atoms with van der Waals surface area (Å²) in [5.74, 6) is 0.0757. The Labute approximate surface area is 209 Å². The van der Waals surface area contributed by atoms with Crippen molar-refractivity contribution < 1.29 is 4.79 Å². The van der Waals surface area contributed by atoms with Gasteiger partial charge in [0.25, 0.3) is 5.56 Å². The van der Waals surface area contributed by atoms with Gasteiger partial charge in [-0.2, -0.15) is 0 Å². The zero-order valence-corrected chi connectivity index (χ0v) is 21.3. The van der Waals surface area contributed by atoms with E-state index in [0.717, 1.165) is 35.2 Å². The minimum Gasteiger partial charge on any atom is -0.324 e. The van der Waals surface area contributed by atoms with Crippen molar-refractivity contribution in [2.75, 3.05) is 5.32 Å². The summed E-state index contributed by atoms with van der Waals surface area (Å²) in [7, 11) is 0. The first kappa shape index (κ1) is 23.5. The van der Waals surface area contributed by atoms with Crippen molar-refractivity contribution in [3.05, 3.63) is 81.2 Å². The number of carbonyl (C=O) groups excluding carboxylic acids is 1. The number of amides is 1. The van der Waals surface area contributed by atoms with Crippen molar-refractivity contribution in [1.82, 2.24) is 9.55 Å². The second-order valence-corrected chi connectivity index (χ2v) is 10.5. The lowest BCUT2D eigenvalue weighted by Crippen LogP contribution is -2.33. The van der Waals surface area contributed by atoms with Gasteiger partial charge in [-0.15, -0.1) is 11.3 Å². The molecule has 2 heterocycles. The van der Waals surface area contributed by atoms with Gasteiger partial charge in [0, 0.05) is 16.6 Å². The van der Waals surface area contributed by atoms with Crippen LogP contribution in [-0.2, 0) is 17.6 Å². The van der Waals surface area contributed by atoms with Gasteiger partial charge < -0.3 is 5.32 Å². The van der Waals surface area contributed by atoms with E-state index in [2.05, 4.69) is 42.3 Å². The van der Waals surface area contributed by atoms with Crippen molar-refractivity contribution in [2.24, 2.45) is 0 Å². The summed E-state index contributed by atoms with van der Waals surface area (Å²) in [4.78, 5) is 32.4. The molecule has 35 heavy (non-hydrogen) atoms. The maximum Gasteiger partial charge on any atom is 0.263 e. The average molecular weight is 486 g/mol. The van der Waals surface area contributed by atoms with Gasteiger partial charge in [0.1, 0.15) is 10.9 Å². The van der Waals surface area contributed by atoms with Gasteiger partial charge in [-0.05, 0) is 66.3 Å². The molecule has 0 saturated carbocycles. The van der Waals surface area contributed by atoms with E-state index in [9.17, 15) is 9.59 Å². The Balaban J connectivity index is 1.53. The lowest BCUT2D eigenvalue weighted by molar-refractivity contribution is -0.119. The normalized spacial score (nSPS) is 14.2. The van der Waals surface area contributed by atoms with Crippen molar-refractivity contribution in [3.8, 4) is 11.1 Å². The molecule has 6 heteroatoms. The fraction of sp³-hybridized carbons (Fsp3) is 0.345. The van der Waals surface area contributed by atoms with Crippen molar-refractivity contribution in [3.63, 3.8) is 0 Å². The molecule has 0 spiro atoms. The van der Waals surface area contributed by atoms with Gasteiger partial charge in [-0.3, -0.25) is 14.2 Å². The Morgan fingerprint density at radius 2 is 1.89 bits per heavy atom. The van der Waals surface area contributed by atoms with Gasteiger partial charge in [0.2, 0.25) is 5.91 Å².